The lowest BCUT2D eigenvalue weighted by Gasteiger charge is -2.03. The highest BCUT2D eigenvalue weighted by atomic mass is 16.1. The second-order valence-electron chi connectivity index (χ2n) is 4.04. The van der Waals surface area contributed by atoms with E-state index in [1.165, 1.54) is 12.8 Å². The van der Waals surface area contributed by atoms with Gasteiger partial charge in [0.1, 0.15) is 5.78 Å². The zero-order valence-electron chi connectivity index (χ0n) is 9.97. The summed E-state index contributed by atoms with van der Waals surface area (Å²) in [6.07, 6.45) is 6.00. The van der Waals surface area contributed by atoms with Crippen molar-refractivity contribution in [3.8, 4) is 0 Å². The van der Waals surface area contributed by atoms with Crippen molar-refractivity contribution in [2.75, 3.05) is 0 Å². The lowest BCUT2D eigenvalue weighted by atomic mass is 10.0. The van der Waals surface area contributed by atoms with Crippen molar-refractivity contribution in [1.29, 1.82) is 0 Å². The van der Waals surface area contributed by atoms with Crippen LogP contribution in [-0.4, -0.2) is 11.6 Å². The van der Waals surface area contributed by atoms with Crippen molar-refractivity contribution in [3.63, 3.8) is 0 Å². The van der Waals surface area contributed by atoms with E-state index < -0.39 is 0 Å². The number of hydrogen-bond acceptors (Lipinski definition) is 2. The van der Waals surface area contributed by atoms with Crippen LogP contribution < -0.4 is 0 Å². The lowest BCUT2D eigenvalue weighted by Crippen LogP contribution is -2.03. The summed E-state index contributed by atoms with van der Waals surface area (Å²) in [6, 6.07) is 0. The summed E-state index contributed by atoms with van der Waals surface area (Å²) in [5, 5.41) is 0. The Morgan fingerprint density at radius 3 is 2.20 bits per heavy atom. The van der Waals surface area contributed by atoms with Gasteiger partial charge in [-0.3, -0.25) is 4.79 Å². The third-order valence-corrected chi connectivity index (χ3v) is 2.43. The highest BCUT2D eigenvalue weighted by molar-refractivity contribution is 5.95. The molecule has 0 heterocycles. The van der Waals surface area contributed by atoms with Crippen LogP contribution in [0.2, 0.25) is 0 Å². The molecule has 0 unspecified atom stereocenters. The first kappa shape index (κ1) is 14.1. The van der Waals surface area contributed by atoms with Crippen molar-refractivity contribution in [1.82, 2.24) is 0 Å². The van der Waals surface area contributed by atoms with Gasteiger partial charge >= 0.3 is 0 Å². The van der Waals surface area contributed by atoms with Gasteiger partial charge in [-0.25, -0.2) is 0 Å². The molecule has 0 aromatic carbocycles. The number of carbonyl (C=O) groups is 2. The number of Topliss-reactive ketones (excluding diaryl/α,β-unsaturated/α-hetero) is 2. The normalized spacial score (nSPS) is 10.0. The predicted octanol–water partition coefficient (Wildman–Crippen LogP) is 3.45. The van der Waals surface area contributed by atoms with E-state index in [2.05, 4.69) is 13.5 Å². The Balaban J connectivity index is 3.60. The molecule has 0 aromatic heterocycles. The Morgan fingerprint density at radius 2 is 1.67 bits per heavy atom. The molecule has 0 radical (unpaired) electrons. The average molecular weight is 210 g/mol. The van der Waals surface area contributed by atoms with E-state index in [0.29, 0.717) is 24.8 Å². The van der Waals surface area contributed by atoms with E-state index >= 15 is 0 Å². The van der Waals surface area contributed by atoms with Crippen LogP contribution in [0.4, 0.5) is 0 Å². The van der Waals surface area contributed by atoms with Gasteiger partial charge in [0, 0.05) is 12.8 Å². The van der Waals surface area contributed by atoms with Crippen molar-refractivity contribution >= 4 is 11.6 Å². The molecule has 0 rings (SSSR count). The Morgan fingerprint density at radius 1 is 1.00 bits per heavy atom. The molecule has 0 aliphatic carbocycles. The number of ketones is 2. The molecular weight excluding hydrogens is 188 g/mol. The maximum atomic E-state index is 11.5. The Bertz CT molecular complexity index is 229. The Labute approximate surface area is 92.8 Å². The molecule has 0 fully saturated rings. The van der Waals surface area contributed by atoms with Gasteiger partial charge in [0.25, 0.3) is 0 Å². The number of hydrogen-bond donors (Lipinski definition) is 0. The minimum atomic E-state index is 0.120. The fraction of sp³-hybridized carbons (Fsp3) is 0.692. The summed E-state index contributed by atoms with van der Waals surface area (Å²) in [7, 11) is 0. The zero-order chi connectivity index (χ0) is 11.7. The maximum Gasteiger partial charge on any atom is 0.158 e. The summed E-state index contributed by atoms with van der Waals surface area (Å²) >= 11 is 0. The molecular formula is C13H22O2. The minimum absolute atomic E-state index is 0.120. The summed E-state index contributed by atoms with van der Waals surface area (Å²) in [4.78, 5) is 22.2. The summed E-state index contributed by atoms with van der Waals surface area (Å²) in [6.45, 7) is 7.41. The SMILES string of the molecule is C=C(CCC(C)=O)C(=O)CCCCCC. The highest BCUT2D eigenvalue weighted by Crippen LogP contribution is 2.10. The van der Waals surface area contributed by atoms with Crippen molar-refractivity contribution in [2.45, 2.75) is 58.8 Å². The van der Waals surface area contributed by atoms with Gasteiger partial charge in [0.05, 0.1) is 0 Å². The molecule has 2 nitrogen and oxygen atoms in total. The highest BCUT2D eigenvalue weighted by Gasteiger charge is 2.07. The first-order chi connectivity index (χ1) is 7.07. The fourth-order valence-electron chi connectivity index (χ4n) is 1.36. The molecule has 2 heteroatoms. The van der Waals surface area contributed by atoms with Crippen molar-refractivity contribution < 1.29 is 9.59 Å². The standard InChI is InChI=1S/C13H22O2/c1-4-5-6-7-8-13(15)11(2)9-10-12(3)14/h2,4-10H2,1,3H3. The predicted molar refractivity (Wildman–Crippen MR) is 62.8 cm³/mol. The topological polar surface area (TPSA) is 34.1 Å². The van der Waals surface area contributed by atoms with Crippen LogP contribution in [0.3, 0.4) is 0 Å². The molecule has 86 valence electrons. The summed E-state index contributed by atoms with van der Waals surface area (Å²) < 4.78 is 0. The third-order valence-electron chi connectivity index (χ3n) is 2.43. The van der Waals surface area contributed by atoms with Gasteiger partial charge in [-0.2, -0.15) is 0 Å². The first-order valence-electron chi connectivity index (χ1n) is 5.78. The second kappa shape index (κ2) is 8.39. The van der Waals surface area contributed by atoms with Crippen LogP contribution >= 0.6 is 0 Å². The largest absolute Gasteiger partial charge is 0.300 e. The van der Waals surface area contributed by atoms with Crippen molar-refractivity contribution in [2.24, 2.45) is 0 Å². The molecule has 15 heavy (non-hydrogen) atoms. The summed E-state index contributed by atoms with van der Waals surface area (Å²) in [5.74, 6) is 0.252. The number of allylic oxidation sites excluding steroid dienone is 1. The smallest absolute Gasteiger partial charge is 0.158 e. The lowest BCUT2D eigenvalue weighted by molar-refractivity contribution is -0.117. The van der Waals surface area contributed by atoms with E-state index in [9.17, 15) is 9.59 Å². The Hall–Kier alpha value is -0.920. The fourth-order valence-corrected chi connectivity index (χ4v) is 1.36. The Kier molecular flexibility index (Phi) is 7.88. The van der Waals surface area contributed by atoms with E-state index in [1.54, 1.807) is 6.92 Å². The molecule has 0 aromatic rings. The van der Waals surface area contributed by atoms with Crippen molar-refractivity contribution in [3.05, 3.63) is 12.2 Å². The molecule has 0 saturated heterocycles. The van der Waals surface area contributed by atoms with Crippen LogP contribution in [0, 0.1) is 0 Å². The van der Waals surface area contributed by atoms with Gasteiger partial charge in [-0.1, -0.05) is 32.8 Å². The quantitative estimate of drug-likeness (QED) is 0.431. The maximum absolute atomic E-state index is 11.5. The van der Waals surface area contributed by atoms with Crippen LogP contribution in [0.1, 0.15) is 58.8 Å². The van der Waals surface area contributed by atoms with E-state index in [4.69, 9.17) is 0 Å². The van der Waals surface area contributed by atoms with Crippen LogP contribution in [0.15, 0.2) is 12.2 Å². The van der Waals surface area contributed by atoms with E-state index in [1.807, 2.05) is 0 Å². The zero-order valence-corrected chi connectivity index (χ0v) is 9.97. The van der Waals surface area contributed by atoms with E-state index in [0.717, 1.165) is 12.8 Å². The van der Waals surface area contributed by atoms with Gasteiger partial charge in [0.15, 0.2) is 5.78 Å². The molecule has 0 saturated carbocycles. The minimum Gasteiger partial charge on any atom is -0.300 e. The van der Waals surface area contributed by atoms with Gasteiger partial charge in [-0.15, -0.1) is 0 Å². The average Bonchev–Trinajstić information content (AvgIpc) is 2.20. The molecule has 0 aliphatic heterocycles. The molecule has 0 amide bonds. The second-order valence-corrected chi connectivity index (χ2v) is 4.04. The molecule has 0 spiro atoms. The molecule has 0 bridgehead atoms. The number of unbranched alkanes of at least 4 members (excludes halogenated alkanes) is 3. The van der Waals surface area contributed by atoms with Crippen LogP contribution in [0.25, 0.3) is 0 Å². The van der Waals surface area contributed by atoms with Gasteiger partial charge < -0.3 is 4.79 Å². The van der Waals surface area contributed by atoms with Gasteiger partial charge in [-0.05, 0) is 25.3 Å². The van der Waals surface area contributed by atoms with Gasteiger partial charge in [0.2, 0.25) is 0 Å². The monoisotopic (exact) mass is 210 g/mol. The molecule has 0 aliphatic rings. The first-order valence-corrected chi connectivity index (χ1v) is 5.78. The molecule has 0 atom stereocenters. The summed E-state index contributed by atoms with van der Waals surface area (Å²) in [5.41, 5.74) is 0.613. The number of carbonyl (C=O) groups excluding carboxylic acids is 2. The van der Waals surface area contributed by atoms with Crippen LogP contribution in [0.5, 0.6) is 0 Å². The van der Waals surface area contributed by atoms with Crippen LogP contribution in [-0.2, 0) is 9.59 Å². The van der Waals surface area contributed by atoms with E-state index in [-0.39, 0.29) is 11.6 Å². The molecule has 0 N–H and O–H groups in total. The number of rotatable bonds is 9. The third kappa shape index (κ3) is 8.10.